The summed E-state index contributed by atoms with van der Waals surface area (Å²) in [5, 5.41) is 0. The van der Waals surface area contributed by atoms with Gasteiger partial charge in [-0.1, -0.05) is 68.2 Å². The number of benzene rings is 2. The van der Waals surface area contributed by atoms with Crippen molar-refractivity contribution >= 4 is 12.2 Å². The fourth-order valence-corrected chi connectivity index (χ4v) is 6.58. The number of nitrogens with zero attached hydrogens (tertiary/aromatic N) is 1. The summed E-state index contributed by atoms with van der Waals surface area (Å²) in [7, 11) is 2.35. The smallest absolute Gasteiger partial charge is 0.185 e. The van der Waals surface area contributed by atoms with Crippen LogP contribution in [0.4, 0.5) is 0 Å². The molecule has 2 aliphatic heterocycles. The molecule has 1 saturated heterocycles. The minimum Gasteiger partial charge on any atom is -0.304 e. The molecule has 2 aromatic carbocycles. The van der Waals surface area contributed by atoms with Crippen molar-refractivity contribution in [3.05, 3.63) is 53.1 Å². The Morgan fingerprint density at radius 2 is 1.85 bits per heavy atom. The fraction of sp³-hybridized carbons (Fsp3) is 0.500. The van der Waals surface area contributed by atoms with Gasteiger partial charge in [0.1, 0.15) is 0 Å². The zero-order valence-corrected chi connectivity index (χ0v) is 16.6. The first-order chi connectivity index (χ1) is 12.6. The van der Waals surface area contributed by atoms with Gasteiger partial charge in [-0.2, -0.15) is 0 Å². The average Bonchev–Trinajstić information content (AvgIpc) is 2.98. The summed E-state index contributed by atoms with van der Waals surface area (Å²) in [4.78, 5) is 2.65. The van der Waals surface area contributed by atoms with Crippen molar-refractivity contribution in [2.45, 2.75) is 57.7 Å². The van der Waals surface area contributed by atoms with Gasteiger partial charge in [0.25, 0.3) is 0 Å². The maximum absolute atomic E-state index is 2.65. The Morgan fingerprint density at radius 3 is 2.65 bits per heavy atom. The van der Waals surface area contributed by atoms with Gasteiger partial charge in [0.2, 0.25) is 0 Å². The Morgan fingerprint density at radius 1 is 1.04 bits per heavy atom. The van der Waals surface area contributed by atoms with Crippen LogP contribution in [-0.2, 0) is 12.8 Å². The van der Waals surface area contributed by atoms with Crippen molar-refractivity contribution in [1.82, 2.24) is 4.90 Å². The highest BCUT2D eigenvalue weighted by molar-refractivity contribution is 6.77. The van der Waals surface area contributed by atoms with Gasteiger partial charge in [-0.15, -0.1) is 0 Å². The van der Waals surface area contributed by atoms with E-state index in [-0.39, 0.29) is 0 Å². The molecule has 2 heterocycles. The van der Waals surface area contributed by atoms with Crippen LogP contribution < -0.4 is 5.46 Å². The zero-order chi connectivity index (χ0) is 18.0. The van der Waals surface area contributed by atoms with Crippen LogP contribution in [0, 0.1) is 5.92 Å². The monoisotopic (exact) mass is 343 g/mol. The molecule has 3 aliphatic rings. The molecule has 2 heteroatoms. The van der Waals surface area contributed by atoms with E-state index in [2.05, 4.69) is 69.1 Å². The molecule has 4 atom stereocenters. The van der Waals surface area contributed by atoms with Gasteiger partial charge in [0.15, 0.2) is 6.71 Å². The summed E-state index contributed by atoms with van der Waals surface area (Å²) in [5.74, 6) is 2.33. The molecule has 0 amide bonds. The predicted molar refractivity (Wildman–Crippen MR) is 113 cm³/mol. The first-order valence-electron chi connectivity index (χ1n) is 10.5. The molecular formula is C24H30BN. The second-order valence-corrected chi connectivity index (χ2v) is 9.19. The number of rotatable bonds is 1. The summed E-state index contributed by atoms with van der Waals surface area (Å²) < 4.78 is 0. The minimum absolute atomic E-state index is 0.718. The van der Waals surface area contributed by atoms with Crippen LogP contribution in [0.1, 0.15) is 43.9 Å². The Bertz CT molecular complexity index is 857. The van der Waals surface area contributed by atoms with Crippen LogP contribution >= 0.6 is 0 Å². The van der Waals surface area contributed by atoms with E-state index in [0.29, 0.717) is 0 Å². The molecule has 0 unspecified atom stereocenters. The lowest BCUT2D eigenvalue weighted by molar-refractivity contribution is 0.192. The third kappa shape index (κ3) is 2.27. The molecule has 0 saturated carbocycles. The van der Waals surface area contributed by atoms with Crippen LogP contribution in [0.2, 0.25) is 11.6 Å². The highest BCUT2D eigenvalue weighted by Gasteiger charge is 2.47. The maximum Gasteiger partial charge on any atom is 0.185 e. The van der Waals surface area contributed by atoms with Crippen molar-refractivity contribution < 1.29 is 0 Å². The standard InChI is InChI=1S/C24H30BN/c1-5-24-16(3)25-22-13-21-18(11-17-8-6-7-9-20(17)21)12-19(22)10-15(2)23(25)14-26(24)4/h6-9,12-13,15-16,23-24H,5,10-11,14H2,1-4H3/t15-,16-,23-,24+/m1/s1. The van der Waals surface area contributed by atoms with Crippen LogP contribution in [0.15, 0.2) is 36.4 Å². The highest BCUT2D eigenvalue weighted by atomic mass is 15.1. The molecule has 0 radical (unpaired) electrons. The van der Waals surface area contributed by atoms with Crippen molar-refractivity contribution in [1.29, 1.82) is 0 Å². The topological polar surface area (TPSA) is 3.24 Å². The number of hydrogen-bond acceptors (Lipinski definition) is 1. The summed E-state index contributed by atoms with van der Waals surface area (Å²) in [6.07, 6.45) is 3.65. The molecule has 1 aliphatic carbocycles. The molecule has 0 bridgehead atoms. The zero-order valence-electron chi connectivity index (χ0n) is 16.6. The summed E-state index contributed by atoms with van der Waals surface area (Å²) >= 11 is 0. The minimum atomic E-state index is 0.718. The molecule has 0 aromatic heterocycles. The fourth-order valence-electron chi connectivity index (χ4n) is 6.58. The third-order valence-corrected chi connectivity index (χ3v) is 7.80. The second kappa shape index (κ2) is 5.99. The van der Waals surface area contributed by atoms with Gasteiger partial charge in [0, 0.05) is 6.04 Å². The molecule has 26 heavy (non-hydrogen) atoms. The first-order valence-corrected chi connectivity index (χ1v) is 10.5. The van der Waals surface area contributed by atoms with Crippen molar-refractivity contribution in [3.63, 3.8) is 0 Å². The van der Waals surface area contributed by atoms with Crippen LogP contribution in [0.5, 0.6) is 0 Å². The van der Waals surface area contributed by atoms with E-state index in [4.69, 9.17) is 0 Å². The van der Waals surface area contributed by atoms with E-state index in [9.17, 15) is 0 Å². The predicted octanol–water partition coefficient (Wildman–Crippen LogP) is 4.64. The SMILES string of the molecule is CC[C@H]1[C@@H](C)B2c3cc4c(cc3C[C@@H](C)[C@H]2CN1C)Cc1ccccc1-4. The van der Waals surface area contributed by atoms with E-state index in [1.165, 1.54) is 36.1 Å². The van der Waals surface area contributed by atoms with Gasteiger partial charge in [0.05, 0.1) is 0 Å². The highest BCUT2D eigenvalue weighted by Crippen LogP contribution is 2.45. The quantitative estimate of drug-likeness (QED) is 0.582. The van der Waals surface area contributed by atoms with E-state index < -0.39 is 0 Å². The van der Waals surface area contributed by atoms with Gasteiger partial charge in [-0.25, -0.2) is 0 Å². The average molecular weight is 343 g/mol. The Kier molecular flexibility index (Phi) is 3.83. The molecule has 2 aromatic rings. The molecule has 134 valence electrons. The largest absolute Gasteiger partial charge is 0.304 e. The Hall–Kier alpha value is -1.54. The van der Waals surface area contributed by atoms with Crippen molar-refractivity contribution in [2.75, 3.05) is 13.6 Å². The summed E-state index contributed by atoms with van der Waals surface area (Å²) in [6, 6.07) is 14.9. The Balaban J connectivity index is 1.64. The lowest BCUT2D eigenvalue weighted by atomic mass is 9.24. The lowest BCUT2D eigenvalue weighted by Crippen LogP contribution is -2.59. The van der Waals surface area contributed by atoms with Gasteiger partial charge in [-0.05, 0) is 72.7 Å². The number of fused-ring (bicyclic) bond motifs is 6. The third-order valence-electron chi connectivity index (χ3n) is 7.80. The van der Waals surface area contributed by atoms with E-state index in [1.54, 1.807) is 16.6 Å². The molecule has 5 rings (SSSR count). The van der Waals surface area contributed by atoms with E-state index in [0.717, 1.165) is 36.7 Å². The second-order valence-electron chi connectivity index (χ2n) is 9.19. The normalized spacial score (nSPS) is 29.8. The molecule has 1 nitrogen and oxygen atoms in total. The van der Waals surface area contributed by atoms with Crippen molar-refractivity contribution in [2.24, 2.45) is 5.92 Å². The molecule has 0 N–H and O–H groups in total. The van der Waals surface area contributed by atoms with Gasteiger partial charge < -0.3 is 4.90 Å². The first kappa shape index (κ1) is 16.6. The van der Waals surface area contributed by atoms with Crippen LogP contribution in [0.3, 0.4) is 0 Å². The van der Waals surface area contributed by atoms with Crippen molar-refractivity contribution in [3.8, 4) is 11.1 Å². The number of hydrogen-bond donors (Lipinski definition) is 0. The van der Waals surface area contributed by atoms with Crippen LogP contribution in [0.25, 0.3) is 11.1 Å². The van der Waals surface area contributed by atoms with Crippen LogP contribution in [-0.4, -0.2) is 31.2 Å². The van der Waals surface area contributed by atoms with Gasteiger partial charge in [-0.3, -0.25) is 0 Å². The lowest BCUT2D eigenvalue weighted by Gasteiger charge is -2.50. The molecular weight excluding hydrogens is 313 g/mol. The summed E-state index contributed by atoms with van der Waals surface area (Å²) in [6.45, 7) is 9.37. The summed E-state index contributed by atoms with van der Waals surface area (Å²) in [5.41, 5.74) is 9.40. The Labute approximate surface area is 158 Å². The molecule has 0 spiro atoms. The van der Waals surface area contributed by atoms with Gasteiger partial charge >= 0.3 is 0 Å². The van der Waals surface area contributed by atoms with E-state index in [1.807, 2.05) is 0 Å². The maximum atomic E-state index is 2.65. The van der Waals surface area contributed by atoms with E-state index >= 15 is 0 Å². The molecule has 1 fully saturated rings.